The van der Waals surface area contributed by atoms with E-state index in [1.807, 2.05) is 0 Å². The van der Waals surface area contributed by atoms with E-state index in [0.717, 1.165) is 37.9 Å². The zero-order valence-corrected chi connectivity index (χ0v) is 14.7. The van der Waals surface area contributed by atoms with E-state index in [0.29, 0.717) is 5.78 Å². The van der Waals surface area contributed by atoms with E-state index in [1.165, 1.54) is 38.5 Å². The molecule has 1 aliphatic heterocycles. The Morgan fingerprint density at radius 2 is 1.71 bits per heavy atom. The molecule has 0 saturated carbocycles. The lowest BCUT2D eigenvalue weighted by atomic mass is 9.76. The van der Waals surface area contributed by atoms with Gasteiger partial charge in [0.15, 0.2) is 5.78 Å². The Morgan fingerprint density at radius 1 is 1.10 bits per heavy atom. The van der Waals surface area contributed by atoms with E-state index in [-0.39, 0.29) is 5.41 Å². The van der Waals surface area contributed by atoms with Gasteiger partial charge in [0.1, 0.15) is 0 Å². The Labute approximate surface area is 132 Å². The largest absolute Gasteiger partial charge is 0.377 e. The molecule has 0 fully saturated rings. The van der Waals surface area contributed by atoms with Gasteiger partial charge in [0.25, 0.3) is 0 Å². The summed E-state index contributed by atoms with van der Waals surface area (Å²) < 4.78 is 0. The van der Waals surface area contributed by atoms with Gasteiger partial charge < -0.3 is 4.90 Å². The number of hydrogen-bond acceptors (Lipinski definition) is 2. The summed E-state index contributed by atoms with van der Waals surface area (Å²) in [6.45, 7) is 10.9. The number of nitrogens with zero attached hydrogens (tertiary/aromatic N) is 1. The number of Topliss-reactive ketones (excluding diaryl/α,β-unsaturated/α-hetero) is 1. The van der Waals surface area contributed by atoms with Gasteiger partial charge in [0.05, 0.1) is 0 Å². The molecular formula is C19H35NO. The minimum absolute atomic E-state index is 0.0594. The van der Waals surface area contributed by atoms with Crippen molar-refractivity contribution in [2.75, 3.05) is 13.1 Å². The van der Waals surface area contributed by atoms with E-state index in [1.54, 1.807) is 0 Å². The molecule has 0 aromatic rings. The molecule has 0 amide bonds. The molecule has 0 aliphatic carbocycles. The fourth-order valence-electron chi connectivity index (χ4n) is 3.06. The van der Waals surface area contributed by atoms with Crippen molar-refractivity contribution in [3.05, 3.63) is 11.8 Å². The van der Waals surface area contributed by atoms with Crippen molar-refractivity contribution in [3.8, 4) is 0 Å². The molecule has 0 bridgehead atoms. The predicted molar refractivity (Wildman–Crippen MR) is 91.3 cm³/mol. The highest BCUT2D eigenvalue weighted by Crippen LogP contribution is 2.35. The maximum Gasteiger partial charge on any atom is 0.160 e. The number of ketones is 1. The molecule has 2 heteroatoms. The summed E-state index contributed by atoms with van der Waals surface area (Å²) >= 11 is 0. The molecule has 1 aliphatic rings. The van der Waals surface area contributed by atoms with E-state index >= 15 is 0 Å². The zero-order valence-electron chi connectivity index (χ0n) is 14.7. The van der Waals surface area contributed by atoms with Crippen LogP contribution in [0.15, 0.2) is 11.8 Å². The van der Waals surface area contributed by atoms with Crippen LogP contribution in [0.3, 0.4) is 0 Å². The Bertz CT molecular complexity index is 343. The fourth-order valence-corrected chi connectivity index (χ4v) is 3.06. The van der Waals surface area contributed by atoms with E-state index in [2.05, 4.69) is 38.8 Å². The summed E-state index contributed by atoms with van der Waals surface area (Å²) in [5.74, 6) is 0.381. The van der Waals surface area contributed by atoms with Crippen LogP contribution in [0.1, 0.15) is 85.5 Å². The molecular weight excluding hydrogens is 258 g/mol. The number of rotatable bonds is 10. The van der Waals surface area contributed by atoms with Crippen LogP contribution < -0.4 is 0 Å². The number of carbonyl (C=O) groups excluding carboxylic acids is 1. The third kappa shape index (κ3) is 6.23. The summed E-state index contributed by atoms with van der Waals surface area (Å²) in [5.41, 5.74) is 1.12. The van der Waals surface area contributed by atoms with Gasteiger partial charge in [0.2, 0.25) is 0 Å². The van der Waals surface area contributed by atoms with Crippen molar-refractivity contribution >= 4 is 5.78 Å². The standard InChI is InChI=1S/C19H35NO/c1-5-7-8-9-10-11-12-13-18(21)17-16-20(6-2)15-14-19(17,3)4/h16H,5-15H2,1-4H3. The zero-order chi connectivity index (χ0) is 15.7. The van der Waals surface area contributed by atoms with Crippen LogP contribution in [-0.4, -0.2) is 23.8 Å². The van der Waals surface area contributed by atoms with Crippen molar-refractivity contribution in [1.82, 2.24) is 4.90 Å². The lowest BCUT2D eigenvalue weighted by molar-refractivity contribution is -0.117. The minimum atomic E-state index is 0.0594. The highest BCUT2D eigenvalue weighted by Gasteiger charge is 2.31. The van der Waals surface area contributed by atoms with Crippen molar-refractivity contribution in [2.45, 2.75) is 85.5 Å². The Hall–Kier alpha value is -0.790. The molecule has 0 N–H and O–H groups in total. The summed E-state index contributed by atoms with van der Waals surface area (Å²) in [5, 5.41) is 0. The topological polar surface area (TPSA) is 20.3 Å². The van der Waals surface area contributed by atoms with Crippen molar-refractivity contribution in [2.24, 2.45) is 5.41 Å². The highest BCUT2D eigenvalue weighted by atomic mass is 16.1. The van der Waals surface area contributed by atoms with Gasteiger partial charge in [0, 0.05) is 31.3 Å². The number of unbranched alkanes of at least 4 members (excludes halogenated alkanes) is 6. The summed E-state index contributed by atoms with van der Waals surface area (Å²) in [7, 11) is 0. The molecule has 1 heterocycles. The molecule has 0 saturated heterocycles. The van der Waals surface area contributed by atoms with E-state index < -0.39 is 0 Å². The van der Waals surface area contributed by atoms with Gasteiger partial charge >= 0.3 is 0 Å². The van der Waals surface area contributed by atoms with Crippen molar-refractivity contribution < 1.29 is 4.79 Å². The number of hydrogen-bond donors (Lipinski definition) is 0. The molecule has 0 aromatic heterocycles. The molecule has 0 aromatic carbocycles. The summed E-state index contributed by atoms with van der Waals surface area (Å²) in [6, 6.07) is 0. The van der Waals surface area contributed by atoms with Gasteiger partial charge in [-0.3, -0.25) is 4.79 Å². The lowest BCUT2D eigenvalue weighted by Gasteiger charge is -2.36. The monoisotopic (exact) mass is 293 g/mol. The summed E-state index contributed by atoms with van der Waals surface area (Å²) in [4.78, 5) is 14.8. The normalized spacial score (nSPS) is 17.7. The second-order valence-electron chi connectivity index (χ2n) is 7.10. The molecule has 2 nitrogen and oxygen atoms in total. The maximum atomic E-state index is 12.5. The first-order valence-electron chi connectivity index (χ1n) is 9.00. The quantitative estimate of drug-likeness (QED) is 0.507. The minimum Gasteiger partial charge on any atom is -0.377 e. The second kappa shape index (κ2) is 9.27. The molecule has 0 spiro atoms. The van der Waals surface area contributed by atoms with Crippen LogP contribution in [0.25, 0.3) is 0 Å². The first-order valence-corrected chi connectivity index (χ1v) is 9.00. The third-order valence-electron chi connectivity index (χ3n) is 4.78. The SMILES string of the molecule is CCCCCCCCCC(=O)C1=CN(CC)CCC1(C)C. The van der Waals surface area contributed by atoms with Crippen LogP contribution in [0.2, 0.25) is 0 Å². The summed E-state index contributed by atoms with van der Waals surface area (Å²) in [6.07, 6.45) is 12.9. The second-order valence-corrected chi connectivity index (χ2v) is 7.10. The first-order chi connectivity index (χ1) is 10.0. The van der Waals surface area contributed by atoms with Crippen LogP contribution >= 0.6 is 0 Å². The fraction of sp³-hybridized carbons (Fsp3) is 0.842. The Morgan fingerprint density at radius 3 is 2.33 bits per heavy atom. The molecule has 21 heavy (non-hydrogen) atoms. The predicted octanol–water partition coefficient (Wildman–Crippen LogP) is 5.33. The van der Waals surface area contributed by atoms with Crippen LogP contribution in [0, 0.1) is 5.41 Å². The van der Waals surface area contributed by atoms with E-state index in [9.17, 15) is 4.79 Å². The maximum absolute atomic E-state index is 12.5. The molecule has 0 unspecified atom stereocenters. The lowest BCUT2D eigenvalue weighted by Crippen LogP contribution is -2.34. The highest BCUT2D eigenvalue weighted by molar-refractivity contribution is 5.96. The Kier molecular flexibility index (Phi) is 8.06. The van der Waals surface area contributed by atoms with Gasteiger partial charge in [-0.15, -0.1) is 0 Å². The van der Waals surface area contributed by atoms with Gasteiger partial charge in [-0.1, -0.05) is 59.3 Å². The third-order valence-corrected chi connectivity index (χ3v) is 4.78. The first kappa shape index (κ1) is 18.3. The van der Waals surface area contributed by atoms with Gasteiger partial charge in [-0.25, -0.2) is 0 Å². The average molecular weight is 293 g/mol. The van der Waals surface area contributed by atoms with Gasteiger partial charge in [-0.05, 0) is 25.2 Å². The Balaban J connectivity index is 2.34. The van der Waals surface area contributed by atoms with Crippen molar-refractivity contribution in [3.63, 3.8) is 0 Å². The van der Waals surface area contributed by atoms with E-state index in [4.69, 9.17) is 0 Å². The molecule has 122 valence electrons. The molecule has 0 radical (unpaired) electrons. The van der Waals surface area contributed by atoms with Crippen LogP contribution in [0.4, 0.5) is 0 Å². The average Bonchev–Trinajstić information content (AvgIpc) is 2.46. The van der Waals surface area contributed by atoms with Crippen LogP contribution in [0.5, 0.6) is 0 Å². The molecule has 1 rings (SSSR count). The number of carbonyl (C=O) groups is 1. The molecule has 0 atom stereocenters. The number of allylic oxidation sites excluding steroid dienone is 1. The van der Waals surface area contributed by atoms with Gasteiger partial charge in [-0.2, -0.15) is 0 Å². The van der Waals surface area contributed by atoms with Crippen LogP contribution in [-0.2, 0) is 4.79 Å². The smallest absolute Gasteiger partial charge is 0.160 e. The van der Waals surface area contributed by atoms with Crippen molar-refractivity contribution in [1.29, 1.82) is 0 Å².